The van der Waals surface area contributed by atoms with Crippen molar-refractivity contribution < 1.29 is 22.8 Å². The van der Waals surface area contributed by atoms with E-state index in [-0.39, 0.29) is 0 Å². The molecule has 128 valence electrons. The molecule has 2 heterocycles. The van der Waals surface area contributed by atoms with E-state index in [1.165, 1.54) is 30.5 Å². The lowest BCUT2D eigenvalue weighted by Gasteiger charge is -2.14. The minimum absolute atomic E-state index is 0.345. The topological polar surface area (TPSA) is 84.0 Å². The van der Waals surface area contributed by atoms with Gasteiger partial charge in [0.1, 0.15) is 10.7 Å². The van der Waals surface area contributed by atoms with Crippen LogP contribution in [0.25, 0.3) is 0 Å². The lowest BCUT2D eigenvalue weighted by atomic mass is 10.1. The molecule has 0 aliphatic carbocycles. The van der Waals surface area contributed by atoms with E-state index in [0.29, 0.717) is 10.6 Å². The fraction of sp³-hybridized carbons (Fsp3) is 0.286. The van der Waals surface area contributed by atoms with Crippen molar-refractivity contribution in [3.8, 4) is 0 Å². The van der Waals surface area contributed by atoms with Crippen LogP contribution in [0.1, 0.15) is 29.2 Å². The predicted molar refractivity (Wildman–Crippen MR) is 81.3 cm³/mol. The quantitative estimate of drug-likeness (QED) is 0.827. The van der Waals surface area contributed by atoms with E-state index in [2.05, 4.69) is 20.6 Å². The number of anilines is 1. The second kappa shape index (κ2) is 6.95. The van der Waals surface area contributed by atoms with E-state index in [1.54, 1.807) is 6.92 Å². The summed E-state index contributed by atoms with van der Waals surface area (Å²) in [5.74, 6) is -1.79. The summed E-state index contributed by atoms with van der Waals surface area (Å²) in [4.78, 5) is 30.8. The Hall–Kier alpha value is -2.49. The number of aromatic nitrogens is 2. The first kappa shape index (κ1) is 17.9. The molecule has 10 heteroatoms. The van der Waals surface area contributed by atoms with Crippen LogP contribution in [-0.2, 0) is 15.8 Å². The van der Waals surface area contributed by atoms with Gasteiger partial charge in [0, 0.05) is 6.20 Å². The molecule has 2 amide bonds. The van der Waals surface area contributed by atoms with Crippen LogP contribution >= 0.6 is 11.3 Å². The third-order valence-electron chi connectivity index (χ3n) is 2.99. The number of pyridine rings is 1. The molecule has 0 bridgehead atoms. The number of carbonyl (C=O) groups excluding carboxylic acids is 2. The highest BCUT2D eigenvalue weighted by Crippen LogP contribution is 2.27. The van der Waals surface area contributed by atoms with Crippen LogP contribution in [-0.4, -0.2) is 21.8 Å². The minimum atomic E-state index is -4.53. The molecule has 0 saturated carbocycles. The summed E-state index contributed by atoms with van der Waals surface area (Å²) in [7, 11) is 0. The van der Waals surface area contributed by atoms with Crippen LogP contribution in [0.5, 0.6) is 0 Å². The normalized spacial score (nSPS) is 12.5. The molecule has 0 aliphatic heterocycles. The molecule has 0 radical (unpaired) electrons. The highest BCUT2D eigenvalue weighted by atomic mass is 32.1. The molecule has 0 spiro atoms. The van der Waals surface area contributed by atoms with Gasteiger partial charge in [0.05, 0.1) is 17.2 Å². The fourth-order valence-electron chi connectivity index (χ4n) is 1.76. The Bertz CT molecular complexity index is 743. The second-order valence-electron chi connectivity index (χ2n) is 4.87. The van der Waals surface area contributed by atoms with Gasteiger partial charge in [0.25, 0.3) is 0 Å². The van der Waals surface area contributed by atoms with Crippen molar-refractivity contribution in [2.75, 3.05) is 5.32 Å². The Balaban J connectivity index is 1.96. The summed E-state index contributed by atoms with van der Waals surface area (Å²) >= 11 is 1.21. The molecule has 0 unspecified atom stereocenters. The lowest BCUT2D eigenvalue weighted by molar-refractivity contribution is -0.141. The lowest BCUT2D eigenvalue weighted by Crippen LogP contribution is -2.36. The summed E-state index contributed by atoms with van der Waals surface area (Å²) in [6.45, 7) is 3.28. The van der Waals surface area contributed by atoms with Crippen molar-refractivity contribution in [2.24, 2.45) is 0 Å². The number of nitrogens with zero attached hydrogens (tertiary/aromatic N) is 2. The average Bonchev–Trinajstić information content (AvgIpc) is 2.91. The van der Waals surface area contributed by atoms with E-state index in [1.807, 2.05) is 0 Å². The number of carbonyl (C=O) groups is 2. The maximum absolute atomic E-state index is 12.5. The Kier molecular flexibility index (Phi) is 5.17. The number of thiazole rings is 1. The van der Waals surface area contributed by atoms with E-state index in [4.69, 9.17) is 0 Å². The Labute approximate surface area is 139 Å². The molecule has 1 atom stereocenters. The van der Waals surface area contributed by atoms with Gasteiger partial charge in [-0.05, 0) is 25.5 Å². The van der Waals surface area contributed by atoms with E-state index < -0.39 is 29.7 Å². The molecule has 0 aromatic carbocycles. The van der Waals surface area contributed by atoms with Crippen molar-refractivity contribution in [3.05, 3.63) is 40.8 Å². The number of alkyl halides is 3. The monoisotopic (exact) mass is 358 g/mol. The fourth-order valence-corrected chi connectivity index (χ4v) is 2.44. The molecule has 2 aromatic rings. The zero-order valence-electron chi connectivity index (χ0n) is 12.6. The first-order chi connectivity index (χ1) is 11.2. The molecule has 0 fully saturated rings. The number of hydrogen-bond donors (Lipinski definition) is 2. The molecule has 2 rings (SSSR count). The smallest absolute Gasteiger partial charge is 0.341 e. The summed E-state index contributed by atoms with van der Waals surface area (Å²) in [5.41, 5.74) is -0.680. The van der Waals surface area contributed by atoms with Crippen molar-refractivity contribution >= 4 is 28.2 Å². The van der Waals surface area contributed by atoms with Crippen molar-refractivity contribution in [1.29, 1.82) is 0 Å². The Morgan fingerprint density at radius 2 is 1.88 bits per heavy atom. The average molecular weight is 358 g/mol. The van der Waals surface area contributed by atoms with Gasteiger partial charge < -0.3 is 10.6 Å². The number of amides is 2. The molecule has 0 aliphatic rings. The van der Waals surface area contributed by atoms with E-state index in [9.17, 15) is 22.8 Å². The van der Waals surface area contributed by atoms with Crippen molar-refractivity contribution in [3.63, 3.8) is 0 Å². The summed E-state index contributed by atoms with van der Waals surface area (Å²) in [5, 5.41) is 5.94. The minimum Gasteiger partial charge on any atom is -0.341 e. The van der Waals surface area contributed by atoms with Gasteiger partial charge in [-0.1, -0.05) is 6.07 Å². The molecular formula is C14H13F3N4O2S. The standard InChI is InChI=1S/C14H13F3N4O2S/c1-7(9-3-4-10(19-5-9)14(15,16)17)20-12(22)13(23)21-11-6-18-8(2)24-11/h3-7H,1-2H3,(H,20,22)(H,21,23)/t7-/m1/s1. The first-order valence-corrected chi connectivity index (χ1v) is 7.56. The predicted octanol–water partition coefficient (Wildman–Crippen LogP) is 2.68. The maximum Gasteiger partial charge on any atom is 0.433 e. The van der Waals surface area contributed by atoms with Gasteiger partial charge in [-0.3, -0.25) is 14.6 Å². The van der Waals surface area contributed by atoms with Gasteiger partial charge >= 0.3 is 18.0 Å². The molecular weight excluding hydrogens is 345 g/mol. The third kappa shape index (κ3) is 4.51. The molecule has 0 saturated heterocycles. The van der Waals surface area contributed by atoms with Gasteiger partial charge in [0.2, 0.25) is 0 Å². The number of halogens is 3. The van der Waals surface area contributed by atoms with Crippen LogP contribution in [0.3, 0.4) is 0 Å². The molecule has 24 heavy (non-hydrogen) atoms. The summed E-state index contributed by atoms with van der Waals surface area (Å²) in [6.07, 6.45) is -2.09. The van der Waals surface area contributed by atoms with Crippen LogP contribution < -0.4 is 10.6 Å². The van der Waals surface area contributed by atoms with Gasteiger partial charge in [-0.25, -0.2) is 4.98 Å². The second-order valence-corrected chi connectivity index (χ2v) is 6.10. The number of rotatable bonds is 3. The maximum atomic E-state index is 12.5. The molecule has 6 nitrogen and oxygen atoms in total. The zero-order chi connectivity index (χ0) is 17.9. The van der Waals surface area contributed by atoms with Crippen LogP contribution in [0.15, 0.2) is 24.5 Å². The highest BCUT2D eigenvalue weighted by molar-refractivity contribution is 7.15. The van der Waals surface area contributed by atoms with Crippen molar-refractivity contribution in [2.45, 2.75) is 26.1 Å². The van der Waals surface area contributed by atoms with Gasteiger partial charge in [-0.15, -0.1) is 11.3 Å². The van der Waals surface area contributed by atoms with E-state index >= 15 is 0 Å². The van der Waals surface area contributed by atoms with Crippen molar-refractivity contribution in [1.82, 2.24) is 15.3 Å². The summed E-state index contributed by atoms with van der Waals surface area (Å²) in [6, 6.07) is 1.34. The Morgan fingerprint density at radius 1 is 1.17 bits per heavy atom. The third-order valence-corrected chi connectivity index (χ3v) is 3.82. The van der Waals surface area contributed by atoms with Crippen LogP contribution in [0.4, 0.5) is 18.2 Å². The first-order valence-electron chi connectivity index (χ1n) is 6.74. The van der Waals surface area contributed by atoms with Gasteiger partial charge in [0.15, 0.2) is 0 Å². The molecule has 2 aromatic heterocycles. The largest absolute Gasteiger partial charge is 0.433 e. The van der Waals surface area contributed by atoms with Crippen LogP contribution in [0, 0.1) is 6.92 Å². The number of hydrogen-bond acceptors (Lipinski definition) is 5. The highest BCUT2D eigenvalue weighted by Gasteiger charge is 2.32. The number of aryl methyl sites for hydroxylation is 1. The summed E-state index contributed by atoms with van der Waals surface area (Å²) < 4.78 is 37.4. The van der Waals surface area contributed by atoms with Gasteiger partial charge in [-0.2, -0.15) is 13.2 Å². The molecule has 2 N–H and O–H groups in total. The zero-order valence-corrected chi connectivity index (χ0v) is 13.5. The SMILES string of the molecule is Cc1ncc(NC(=O)C(=O)N[C@H](C)c2ccc(C(F)(F)F)nc2)s1. The number of nitrogens with one attached hydrogen (secondary N) is 2. The van der Waals surface area contributed by atoms with Crippen LogP contribution in [0.2, 0.25) is 0 Å². The Morgan fingerprint density at radius 3 is 2.38 bits per heavy atom. The van der Waals surface area contributed by atoms with E-state index in [0.717, 1.165) is 17.3 Å².